The molecule has 2 aliphatic rings. The van der Waals surface area contributed by atoms with Crippen LogP contribution in [0.3, 0.4) is 0 Å². The molecular formula is C21H20FN3O. The number of pyridine rings is 1. The summed E-state index contributed by atoms with van der Waals surface area (Å²) >= 11 is 0. The van der Waals surface area contributed by atoms with Crippen LogP contribution in [0.25, 0.3) is 0 Å². The standard InChI is InChI=1S/C21H20FN3O/c1-21(2)10-16-18(17(26)11-21)19(13-5-7-15(22)8-6-13)25-20(24-16)14-4-3-9-23-12-14/h3-9,12,19H,10-11H2,1-2H3,(H,24,25). The van der Waals surface area contributed by atoms with Gasteiger partial charge in [-0.05, 0) is 41.7 Å². The predicted molar refractivity (Wildman–Crippen MR) is 98.1 cm³/mol. The zero-order valence-corrected chi connectivity index (χ0v) is 14.8. The molecule has 0 saturated carbocycles. The molecule has 26 heavy (non-hydrogen) atoms. The lowest BCUT2D eigenvalue weighted by molar-refractivity contribution is -0.118. The van der Waals surface area contributed by atoms with Gasteiger partial charge in [0.05, 0.1) is 0 Å². The zero-order chi connectivity index (χ0) is 18.3. The highest BCUT2D eigenvalue weighted by molar-refractivity contribution is 6.06. The molecule has 1 aliphatic carbocycles. The Balaban J connectivity index is 1.84. The number of rotatable bonds is 2. The molecule has 1 aliphatic heterocycles. The Labute approximate surface area is 151 Å². The third-order valence-corrected chi connectivity index (χ3v) is 4.84. The minimum Gasteiger partial charge on any atom is -0.343 e. The third kappa shape index (κ3) is 3.05. The molecule has 1 aromatic heterocycles. The summed E-state index contributed by atoms with van der Waals surface area (Å²) < 4.78 is 13.4. The first kappa shape index (κ1) is 16.6. The van der Waals surface area contributed by atoms with Crippen LogP contribution in [0.1, 0.15) is 43.9 Å². The van der Waals surface area contributed by atoms with Crippen molar-refractivity contribution in [3.05, 3.63) is 77.0 Å². The van der Waals surface area contributed by atoms with Crippen LogP contribution in [0.4, 0.5) is 4.39 Å². The molecule has 2 aromatic rings. The van der Waals surface area contributed by atoms with E-state index >= 15 is 0 Å². The minimum atomic E-state index is -0.425. The van der Waals surface area contributed by atoms with Crippen LogP contribution in [0.15, 0.2) is 65.1 Å². The predicted octanol–water partition coefficient (Wildman–Crippen LogP) is 3.96. The van der Waals surface area contributed by atoms with Gasteiger partial charge in [0.25, 0.3) is 0 Å². The van der Waals surface area contributed by atoms with Gasteiger partial charge in [-0.1, -0.05) is 26.0 Å². The quantitative estimate of drug-likeness (QED) is 0.893. The van der Waals surface area contributed by atoms with Gasteiger partial charge >= 0.3 is 0 Å². The molecule has 0 radical (unpaired) electrons. The van der Waals surface area contributed by atoms with E-state index in [0.717, 1.165) is 23.2 Å². The highest BCUT2D eigenvalue weighted by Gasteiger charge is 2.39. The second kappa shape index (κ2) is 6.16. The van der Waals surface area contributed by atoms with Crippen LogP contribution >= 0.6 is 0 Å². The van der Waals surface area contributed by atoms with Gasteiger partial charge in [0, 0.05) is 35.6 Å². The lowest BCUT2D eigenvalue weighted by Gasteiger charge is -2.37. The number of allylic oxidation sites excluding steroid dienone is 1. The van der Waals surface area contributed by atoms with Crippen molar-refractivity contribution in [1.82, 2.24) is 10.3 Å². The van der Waals surface area contributed by atoms with E-state index < -0.39 is 6.04 Å². The van der Waals surface area contributed by atoms with Crippen molar-refractivity contribution < 1.29 is 9.18 Å². The highest BCUT2D eigenvalue weighted by Crippen LogP contribution is 2.43. The van der Waals surface area contributed by atoms with Crippen molar-refractivity contribution in [2.24, 2.45) is 10.4 Å². The van der Waals surface area contributed by atoms with Crippen molar-refractivity contribution >= 4 is 11.6 Å². The van der Waals surface area contributed by atoms with Crippen LogP contribution in [0, 0.1) is 11.2 Å². The summed E-state index contributed by atoms with van der Waals surface area (Å²) in [6.45, 7) is 4.19. The van der Waals surface area contributed by atoms with Gasteiger partial charge in [-0.2, -0.15) is 0 Å². The number of nitrogens with one attached hydrogen (secondary N) is 1. The van der Waals surface area contributed by atoms with E-state index in [4.69, 9.17) is 4.99 Å². The highest BCUT2D eigenvalue weighted by atomic mass is 19.1. The van der Waals surface area contributed by atoms with Crippen molar-refractivity contribution in [2.75, 3.05) is 0 Å². The number of hydrogen-bond acceptors (Lipinski definition) is 4. The minimum absolute atomic E-state index is 0.104. The molecular weight excluding hydrogens is 329 g/mol. The smallest absolute Gasteiger partial charge is 0.163 e. The van der Waals surface area contributed by atoms with E-state index in [-0.39, 0.29) is 17.0 Å². The maximum absolute atomic E-state index is 13.4. The Kier molecular flexibility index (Phi) is 3.94. The molecule has 1 atom stereocenters. The van der Waals surface area contributed by atoms with Crippen molar-refractivity contribution in [1.29, 1.82) is 0 Å². The van der Waals surface area contributed by atoms with Crippen molar-refractivity contribution in [3.63, 3.8) is 0 Å². The molecule has 0 bridgehead atoms. The molecule has 1 N–H and O–H groups in total. The number of carbonyl (C=O) groups is 1. The number of ketones is 1. The summed E-state index contributed by atoms with van der Waals surface area (Å²) in [6, 6.07) is 9.59. The van der Waals surface area contributed by atoms with Gasteiger partial charge in [0.2, 0.25) is 0 Å². The monoisotopic (exact) mass is 349 g/mol. The Morgan fingerprint density at radius 3 is 2.62 bits per heavy atom. The van der Waals surface area contributed by atoms with Gasteiger partial charge in [-0.25, -0.2) is 4.39 Å². The molecule has 5 heteroatoms. The van der Waals surface area contributed by atoms with Crippen LogP contribution in [-0.4, -0.2) is 16.6 Å². The van der Waals surface area contributed by atoms with Crippen LogP contribution in [-0.2, 0) is 4.79 Å². The molecule has 1 aromatic carbocycles. The number of benzene rings is 1. The Morgan fingerprint density at radius 2 is 1.92 bits per heavy atom. The van der Waals surface area contributed by atoms with E-state index in [0.29, 0.717) is 17.8 Å². The van der Waals surface area contributed by atoms with E-state index in [9.17, 15) is 9.18 Å². The summed E-state index contributed by atoms with van der Waals surface area (Å²) in [4.78, 5) is 21.8. The summed E-state index contributed by atoms with van der Waals surface area (Å²) in [5, 5.41) is 3.36. The summed E-state index contributed by atoms with van der Waals surface area (Å²) in [5.41, 5.74) is 3.18. The first-order valence-corrected chi connectivity index (χ1v) is 8.70. The Morgan fingerprint density at radius 1 is 1.15 bits per heavy atom. The fraction of sp³-hybridized carbons (Fsp3) is 0.286. The number of halogens is 1. The topological polar surface area (TPSA) is 54.4 Å². The van der Waals surface area contributed by atoms with E-state index in [1.54, 1.807) is 24.5 Å². The fourth-order valence-electron chi connectivity index (χ4n) is 3.67. The number of amidine groups is 1. The largest absolute Gasteiger partial charge is 0.343 e. The molecule has 0 spiro atoms. The van der Waals surface area contributed by atoms with Crippen molar-refractivity contribution in [2.45, 2.75) is 32.7 Å². The van der Waals surface area contributed by atoms with Gasteiger partial charge < -0.3 is 5.32 Å². The SMILES string of the molecule is CC1(C)CC(=O)C2=C(C1)NC(c1cccnc1)=NC2c1ccc(F)cc1. The van der Waals surface area contributed by atoms with Crippen LogP contribution in [0.5, 0.6) is 0 Å². The maximum atomic E-state index is 13.4. The number of hydrogen-bond donors (Lipinski definition) is 1. The normalized spacial score (nSPS) is 21.7. The Bertz CT molecular complexity index is 914. The average Bonchev–Trinajstić information content (AvgIpc) is 2.61. The molecule has 2 heterocycles. The summed E-state index contributed by atoms with van der Waals surface area (Å²) in [6.07, 6.45) is 4.71. The van der Waals surface area contributed by atoms with Gasteiger partial charge in [0.15, 0.2) is 5.78 Å². The molecule has 0 fully saturated rings. The zero-order valence-electron chi connectivity index (χ0n) is 14.8. The van der Waals surface area contributed by atoms with E-state index in [2.05, 4.69) is 24.1 Å². The van der Waals surface area contributed by atoms with Gasteiger partial charge in [0.1, 0.15) is 17.7 Å². The average molecular weight is 349 g/mol. The molecule has 132 valence electrons. The number of aromatic nitrogens is 1. The molecule has 4 rings (SSSR count). The van der Waals surface area contributed by atoms with Crippen LogP contribution in [0.2, 0.25) is 0 Å². The Hall–Kier alpha value is -2.82. The maximum Gasteiger partial charge on any atom is 0.163 e. The third-order valence-electron chi connectivity index (χ3n) is 4.84. The number of aliphatic imine (C=N–C) groups is 1. The lowest BCUT2D eigenvalue weighted by atomic mass is 9.73. The second-order valence-corrected chi connectivity index (χ2v) is 7.63. The summed E-state index contributed by atoms with van der Waals surface area (Å²) in [5.74, 6) is 0.494. The number of carbonyl (C=O) groups excluding carboxylic acids is 1. The number of Topliss-reactive ketones (excluding diaryl/α,β-unsaturated/α-hetero) is 1. The van der Waals surface area contributed by atoms with Crippen molar-refractivity contribution in [3.8, 4) is 0 Å². The van der Waals surface area contributed by atoms with Crippen LogP contribution < -0.4 is 5.32 Å². The molecule has 0 saturated heterocycles. The van der Waals surface area contributed by atoms with Gasteiger partial charge in [-0.3, -0.25) is 14.8 Å². The first-order valence-electron chi connectivity index (χ1n) is 8.70. The lowest BCUT2D eigenvalue weighted by Crippen LogP contribution is -2.39. The number of nitrogens with zero attached hydrogens (tertiary/aromatic N) is 2. The first-order chi connectivity index (χ1) is 12.4. The fourth-order valence-corrected chi connectivity index (χ4v) is 3.67. The van der Waals surface area contributed by atoms with E-state index in [1.165, 1.54) is 12.1 Å². The summed E-state index contributed by atoms with van der Waals surface area (Å²) in [7, 11) is 0. The molecule has 1 unspecified atom stereocenters. The second-order valence-electron chi connectivity index (χ2n) is 7.63. The molecule has 0 amide bonds. The van der Waals surface area contributed by atoms with Gasteiger partial charge in [-0.15, -0.1) is 0 Å². The van der Waals surface area contributed by atoms with E-state index in [1.807, 2.05) is 12.1 Å². The molecule has 4 nitrogen and oxygen atoms in total.